The van der Waals surface area contributed by atoms with Gasteiger partial charge in [0.2, 0.25) is 0 Å². The average Bonchev–Trinajstić information content (AvgIpc) is 3.26. The number of carbonyl (C=O) groups excluding carboxylic acids is 1. The van der Waals surface area contributed by atoms with E-state index in [2.05, 4.69) is 15.3 Å². The number of nitrogens with one attached hydrogen (secondary N) is 1. The van der Waals surface area contributed by atoms with Crippen LogP contribution in [-0.4, -0.2) is 40.2 Å². The Balaban J connectivity index is 1.60. The summed E-state index contributed by atoms with van der Waals surface area (Å²) in [5.74, 6) is -2.73. The van der Waals surface area contributed by atoms with E-state index >= 15 is 0 Å². The van der Waals surface area contributed by atoms with Gasteiger partial charge in [-0.05, 0) is 44.1 Å². The number of benzene rings is 2. The fourth-order valence-corrected chi connectivity index (χ4v) is 3.80. The second-order valence-corrected chi connectivity index (χ2v) is 7.35. The number of nitrogens with zero attached hydrogens (tertiary/aromatic N) is 3. The molecule has 0 aliphatic carbocycles. The minimum absolute atomic E-state index is 0.0584. The molecule has 1 amide bonds. The fraction of sp³-hybridized carbons (Fsp3) is 0.318. The first-order chi connectivity index (χ1) is 14.5. The van der Waals surface area contributed by atoms with Gasteiger partial charge in [0.1, 0.15) is 17.2 Å². The predicted molar refractivity (Wildman–Crippen MR) is 109 cm³/mol. The molecule has 0 radical (unpaired) electrons. The maximum atomic E-state index is 13.9. The molecule has 2 aromatic carbocycles. The second-order valence-electron chi connectivity index (χ2n) is 7.35. The van der Waals surface area contributed by atoms with E-state index in [1.54, 1.807) is 24.3 Å². The number of amides is 1. The Labute approximate surface area is 172 Å². The van der Waals surface area contributed by atoms with Crippen LogP contribution in [0.1, 0.15) is 28.9 Å². The number of hydrogen-bond donors (Lipinski definition) is 1. The minimum atomic E-state index is -0.930. The largest absolute Gasteiger partial charge is 0.346 e. The van der Waals surface area contributed by atoms with Gasteiger partial charge < -0.3 is 10.2 Å². The normalized spacial score (nSPS) is 14.3. The highest BCUT2D eigenvalue weighted by Gasteiger charge is 2.18. The van der Waals surface area contributed by atoms with Gasteiger partial charge in [-0.25, -0.2) is 13.5 Å². The molecule has 4 rings (SSSR count). The molecule has 0 saturated carbocycles. The van der Waals surface area contributed by atoms with E-state index in [0.29, 0.717) is 23.0 Å². The molecule has 0 bridgehead atoms. The summed E-state index contributed by atoms with van der Waals surface area (Å²) >= 11 is 0. The van der Waals surface area contributed by atoms with E-state index in [4.69, 9.17) is 0 Å². The Kier molecular flexibility index (Phi) is 5.85. The van der Waals surface area contributed by atoms with Gasteiger partial charge in [-0.1, -0.05) is 24.3 Å². The lowest BCUT2D eigenvalue weighted by atomic mass is 10.1. The number of carbonyl (C=O) groups is 1. The molecular formula is C22H22F2N4O2. The molecule has 1 saturated heterocycles. The van der Waals surface area contributed by atoms with Crippen LogP contribution in [0.5, 0.6) is 0 Å². The van der Waals surface area contributed by atoms with Crippen LogP contribution in [0.25, 0.3) is 10.8 Å². The van der Waals surface area contributed by atoms with Crippen molar-refractivity contribution in [2.24, 2.45) is 0 Å². The smallest absolute Gasteiger partial charge is 0.274 e. The van der Waals surface area contributed by atoms with Gasteiger partial charge in [0.25, 0.3) is 11.5 Å². The molecule has 0 unspecified atom stereocenters. The first-order valence-corrected chi connectivity index (χ1v) is 9.98. The Hall–Kier alpha value is -3.13. The third-order valence-electron chi connectivity index (χ3n) is 5.38. The van der Waals surface area contributed by atoms with E-state index in [-0.39, 0.29) is 12.1 Å². The summed E-state index contributed by atoms with van der Waals surface area (Å²) in [6.45, 7) is 3.13. The molecule has 156 valence electrons. The monoisotopic (exact) mass is 412 g/mol. The van der Waals surface area contributed by atoms with Crippen molar-refractivity contribution in [3.63, 3.8) is 0 Å². The maximum absolute atomic E-state index is 13.9. The predicted octanol–water partition coefficient (Wildman–Crippen LogP) is 2.70. The highest BCUT2D eigenvalue weighted by Crippen LogP contribution is 2.15. The van der Waals surface area contributed by atoms with Gasteiger partial charge in [-0.3, -0.25) is 9.59 Å². The average molecular weight is 412 g/mol. The summed E-state index contributed by atoms with van der Waals surface area (Å²) in [4.78, 5) is 27.5. The van der Waals surface area contributed by atoms with Gasteiger partial charge in [-0.2, -0.15) is 5.10 Å². The van der Waals surface area contributed by atoms with Crippen molar-refractivity contribution in [3.8, 4) is 0 Å². The number of aromatic nitrogens is 2. The zero-order valence-electron chi connectivity index (χ0n) is 16.4. The second kappa shape index (κ2) is 8.71. The molecule has 2 heterocycles. The van der Waals surface area contributed by atoms with Crippen molar-refractivity contribution < 1.29 is 13.6 Å². The zero-order chi connectivity index (χ0) is 21.1. The summed E-state index contributed by atoms with van der Waals surface area (Å²) in [6.07, 6.45) is 2.31. The molecule has 6 nitrogen and oxygen atoms in total. The lowest BCUT2D eigenvalue weighted by molar-refractivity contribution is 0.0942. The first kappa shape index (κ1) is 20.2. The van der Waals surface area contributed by atoms with E-state index in [9.17, 15) is 18.4 Å². The van der Waals surface area contributed by atoms with Crippen LogP contribution in [0, 0.1) is 11.6 Å². The summed E-state index contributed by atoms with van der Waals surface area (Å²) in [6, 6.07) is 10.3. The molecule has 1 aromatic heterocycles. The van der Waals surface area contributed by atoms with Crippen molar-refractivity contribution in [1.82, 2.24) is 20.0 Å². The molecule has 1 N–H and O–H groups in total. The molecule has 1 fully saturated rings. The maximum Gasteiger partial charge on any atom is 0.274 e. The van der Waals surface area contributed by atoms with Crippen LogP contribution in [0.15, 0.2) is 47.3 Å². The van der Waals surface area contributed by atoms with Gasteiger partial charge in [0, 0.05) is 11.9 Å². The Bertz CT molecular complexity index is 1120. The lowest BCUT2D eigenvalue weighted by Crippen LogP contribution is -2.33. The van der Waals surface area contributed by atoms with Gasteiger partial charge in [0.05, 0.1) is 24.2 Å². The summed E-state index contributed by atoms with van der Waals surface area (Å²) in [7, 11) is 0. The number of halogens is 2. The quantitative estimate of drug-likeness (QED) is 0.676. The van der Waals surface area contributed by atoms with E-state index in [1.165, 1.54) is 10.7 Å². The molecular weight excluding hydrogens is 390 g/mol. The SMILES string of the molecule is O=C(NCc1nn(CCN2CCCC2)c(=O)c2ccccc12)c1c(F)cccc1F. The van der Waals surface area contributed by atoms with Gasteiger partial charge in [-0.15, -0.1) is 0 Å². The van der Waals surface area contributed by atoms with Crippen molar-refractivity contribution in [1.29, 1.82) is 0 Å². The number of rotatable bonds is 6. The van der Waals surface area contributed by atoms with E-state index in [1.807, 2.05) is 0 Å². The number of hydrogen-bond acceptors (Lipinski definition) is 4. The van der Waals surface area contributed by atoms with Crippen molar-refractivity contribution in [3.05, 3.63) is 75.7 Å². The van der Waals surface area contributed by atoms with Crippen LogP contribution in [0.2, 0.25) is 0 Å². The van der Waals surface area contributed by atoms with Crippen molar-refractivity contribution >= 4 is 16.7 Å². The van der Waals surface area contributed by atoms with Crippen LogP contribution in [0.3, 0.4) is 0 Å². The zero-order valence-corrected chi connectivity index (χ0v) is 16.4. The minimum Gasteiger partial charge on any atom is -0.346 e. The van der Waals surface area contributed by atoms with Gasteiger partial charge >= 0.3 is 0 Å². The van der Waals surface area contributed by atoms with E-state index in [0.717, 1.165) is 44.6 Å². The molecule has 0 spiro atoms. The number of likely N-dealkylation sites (tertiary alicyclic amines) is 1. The highest BCUT2D eigenvalue weighted by atomic mass is 19.1. The summed E-state index contributed by atoms with van der Waals surface area (Å²) in [5, 5.41) is 8.07. The third kappa shape index (κ3) is 4.09. The van der Waals surface area contributed by atoms with Crippen molar-refractivity contribution in [2.75, 3.05) is 19.6 Å². The fourth-order valence-electron chi connectivity index (χ4n) is 3.80. The molecule has 3 aromatic rings. The van der Waals surface area contributed by atoms with Crippen LogP contribution < -0.4 is 10.9 Å². The Morgan fingerprint density at radius 3 is 2.33 bits per heavy atom. The Morgan fingerprint density at radius 2 is 1.63 bits per heavy atom. The standard InChI is InChI=1S/C22H22F2N4O2/c23-17-8-5-9-18(24)20(17)21(29)25-14-19-15-6-1-2-7-16(15)22(30)28(26-19)13-12-27-10-3-4-11-27/h1-2,5-9H,3-4,10-14H2,(H,25,29). The third-order valence-corrected chi connectivity index (χ3v) is 5.38. The lowest BCUT2D eigenvalue weighted by Gasteiger charge is -2.16. The summed E-state index contributed by atoms with van der Waals surface area (Å²) in [5.41, 5.74) is -0.360. The Morgan fingerprint density at radius 1 is 0.967 bits per heavy atom. The highest BCUT2D eigenvalue weighted by molar-refractivity contribution is 5.95. The van der Waals surface area contributed by atoms with Crippen LogP contribution >= 0.6 is 0 Å². The molecule has 1 aliphatic heterocycles. The molecule has 30 heavy (non-hydrogen) atoms. The topological polar surface area (TPSA) is 67.2 Å². The summed E-state index contributed by atoms with van der Waals surface area (Å²) < 4.78 is 29.2. The molecule has 8 heteroatoms. The number of fused-ring (bicyclic) bond motifs is 1. The van der Waals surface area contributed by atoms with Gasteiger partial charge in [0.15, 0.2) is 0 Å². The first-order valence-electron chi connectivity index (χ1n) is 9.98. The van der Waals surface area contributed by atoms with Crippen LogP contribution in [0.4, 0.5) is 8.78 Å². The van der Waals surface area contributed by atoms with E-state index < -0.39 is 23.1 Å². The molecule has 1 aliphatic rings. The molecule has 0 atom stereocenters. The van der Waals surface area contributed by atoms with Crippen molar-refractivity contribution in [2.45, 2.75) is 25.9 Å². The van der Waals surface area contributed by atoms with Crippen LogP contribution in [-0.2, 0) is 13.1 Å².